The molecule has 0 spiro atoms. The third-order valence-electron chi connectivity index (χ3n) is 6.29. The van der Waals surface area contributed by atoms with Crippen LogP contribution < -0.4 is 5.32 Å². The monoisotopic (exact) mass is 457 g/mol. The number of nitrogens with zero attached hydrogens (tertiary/aromatic N) is 3. The number of benzene rings is 2. The maximum atomic E-state index is 13.3. The van der Waals surface area contributed by atoms with Crippen LogP contribution in [-0.4, -0.2) is 48.1 Å². The van der Waals surface area contributed by atoms with Gasteiger partial charge in [-0.3, -0.25) is 9.89 Å². The summed E-state index contributed by atoms with van der Waals surface area (Å²) < 4.78 is -0.696. The van der Waals surface area contributed by atoms with Crippen molar-refractivity contribution < 1.29 is 19.3 Å². The van der Waals surface area contributed by atoms with Gasteiger partial charge in [0.1, 0.15) is 23.0 Å². The van der Waals surface area contributed by atoms with Crippen LogP contribution in [-0.2, 0) is 4.79 Å². The number of nitrogens with one attached hydrogen (secondary N) is 3. The highest BCUT2D eigenvalue weighted by molar-refractivity contribution is 6.26. The van der Waals surface area contributed by atoms with Crippen LogP contribution in [0, 0.1) is 0 Å². The molecule has 9 heteroatoms. The summed E-state index contributed by atoms with van der Waals surface area (Å²) >= 11 is 0. The lowest BCUT2D eigenvalue weighted by Gasteiger charge is -2.32. The Kier molecular flexibility index (Phi) is 4.69. The van der Waals surface area contributed by atoms with Crippen LogP contribution in [0.4, 0.5) is 10.5 Å². The molecule has 2 aromatic carbocycles. The Labute approximate surface area is 195 Å². The number of rotatable bonds is 3. The Morgan fingerprint density at radius 3 is 2.59 bits per heavy atom. The molecule has 172 valence electrons. The van der Waals surface area contributed by atoms with Crippen molar-refractivity contribution in [3.8, 4) is 11.1 Å². The maximum Gasteiger partial charge on any atom is 0.546 e. The molecule has 0 fully saturated rings. The molecule has 2 amide bonds. The average molecular weight is 458 g/mol. The molecule has 9 nitrogen and oxygen atoms in total. The van der Waals surface area contributed by atoms with E-state index >= 15 is 0 Å². The number of carbonyl (C=O) groups is 2. The third kappa shape index (κ3) is 3.20. The van der Waals surface area contributed by atoms with Crippen molar-refractivity contribution in [2.24, 2.45) is 5.10 Å². The van der Waals surface area contributed by atoms with Gasteiger partial charge in [-0.15, -0.1) is 0 Å². The van der Waals surface area contributed by atoms with Crippen molar-refractivity contribution >= 4 is 45.2 Å². The summed E-state index contributed by atoms with van der Waals surface area (Å²) in [7, 11) is 0. The average Bonchev–Trinajstić information content (AvgIpc) is 3.50. The fourth-order valence-electron chi connectivity index (χ4n) is 4.39. The summed E-state index contributed by atoms with van der Waals surface area (Å²) in [4.78, 5) is 28.7. The van der Waals surface area contributed by atoms with Crippen molar-refractivity contribution in [2.45, 2.75) is 33.2 Å². The smallest absolute Gasteiger partial charge is 0.433 e. The number of carboxylic acid groups (broad SMARTS) is 1. The van der Waals surface area contributed by atoms with Crippen LogP contribution in [0.3, 0.4) is 0 Å². The van der Waals surface area contributed by atoms with Crippen LogP contribution in [0.5, 0.6) is 0 Å². The second-order valence-electron chi connectivity index (χ2n) is 9.42. The summed E-state index contributed by atoms with van der Waals surface area (Å²) in [6, 6.07) is 11.9. The van der Waals surface area contributed by atoms with Gasteiger partial charge in [-0.25, -0.2) is 0 Å². The lowest BCUT2D eigenvalue weighted by atomic mass is 9.99. The van der Waals surface area contributed by atoms with Gasteiger partial charge in [0.15, 0.2) is 0 Å². The Hall–Kier alpha value is -4.24. The summed E-state index contributed by atoms with van der Waals surface area (Å²) in [6.45, 7) is 6.97. The highest BCUT2D eigenvalue weighted by Gasteiger charge is 2.52. The molecule has 0 radical (unpaired) electrons. The van der Waals surface area contributed by atoms with E-state index in [1.54, 1.807) is 33.9 Å². The van der Waals surface area contributed by atoms with E-state index in [0.29, 0.717) is 11.4 Å². The van der Waals surface area contributed by atoms with Gasteiger partial charge in [0, 0.05) is 22.5 Å². The lowest BCUT2D eigenvalue weighted by Crippen LogP contribution is -2.54. The molecule has 0 saturated heterocycles. The van der Waals surface area contributed by atoms with Gasteiger partial charge in [-0.1, -0.05) is 21.8 Å². The van der Waals surface area contributed by atoms with Crippen molar-refractivity contribution in [2.75, 3.05) is 5.32 Å². The topological polar surface area (TPSA) is 123 Å². The first-order valence-corrected chi connectivity index (χ1v) is 10.9. The zero-order chi connectivity index (χ0) is 24.3. The molecule has 34 heavy (non-hydrogen) atoms. The predicted molar refractivity (Wildman–Crippen MR) is 131 cm³/mol. The number of amides is 2. The zero-order valence-corrected chi connectivity index (χ0v) is 19.3. The third-order valence-corrected chi connectivity index (χ3v) is 6.29. The number of H-pyrrole nitrogens is 2. The first-order valence-electron chi connectivity index (χ1n) is 10.9. The van der Waals surface area contributed by atoms with Gasteiger partial charge in [0.05, 0.1) is 17.4 Å². The van der Waals surface area contributed by atoms with Crippen LogP contribution >= 0.6 is 0 Å². The molecule has 1 aliphatic rings. The highest BCUT2D eigenvalue weighted by atomic mass is 16.4. The predicted octanol–water partition coefficient (Wildman–Crippen LogP) is 5.22. The molecule has 1 atom stereocenters. The molecule has 1 aliphatic heterocycles. The van der Waals surface area contributed by atoms with E-state index in [0.717, 1.165) is 32.9 Å². The van der Waals surface area contributed by atoms with Gasteiger partial charge in [0.2, 0.25) is 0 Å². The number of fused-ring (bicyclic) bond motifs is 2. The van der Waals surface area contributed by atoms with E-state index in [1.165, 1.54) is 6.20 Å². The second-order valence-corrected chi connectivity index (χ2v) is 9.42. The molecule has 3 heterocycles. The standard InChI is InChI=1S/C25H24N6O3/c1-14-19(13-31(30-14,24(33)34)25(2,3)4)23(32)28-21-10-15(11-22-18(21)12-27-29-22)16-6-5-7-20-17(16)8-9-26-20/h5-13H,1-4H3,(H3-,26,27,28,29,32,33,34)/p+1. The van der Waals surface area contributed by atoms with E-state index in [4.69, 9.17) is 0 Å². The minimum absolute atomic E-state index is 0.229. The SMILES string of the molecule is CC1=N[N+](C(=O)O)(C(C)(C)C)C=C1C(=O)Nc1cc(-c2cccc3[nH]ccc23)cc2[nH]ncc12. The summed E-state index contributed by atoms with van der Waals surface area (Å²) in [5, 5.41) is 26.2. The Morgan fingerprint density at radius 2 is 1.88 bits per heavy atom. The largest absolute Gasteiger partial charge is 0.546 e. The second kappa shape index (κ2) is 7.39. The number of carbonyl (C=O) groups excluding carboxylic acids is 1. The number of quaternary nitrogens is 1. The molecule has 4 aromatic rings. The van der Waals surface area contributed by atoms with Crippen molar-refractivity contribution in [1.29, 1.82) is 0 Å². The number of anilines is 1. The fourth-order valence-corrected chi connectivity index (χ4v) is 4.39. The van der Waals surface area contributed by atoms with Gasteiger partial charge in [0.25, 0.3) is 5.91 Å². The molecular formula is C25H25N6O3+. The molecular weight excluding hydrogens is 432 g/mol. The van der Waals surface area contributed by atoms with Crippen LogP contribution in [0.15, 0.2) is 65.7 Å². The molecule has 0 aliphatic carbocycles. The fraction of sp³-hybridized carbons (Fsp3) is 0.200. The van der Waals surface area contributed by atoms with Crippen LogP contribution in [0.1, 0.15) is 27.7 Å². The molecule has 0 bridgehead atoms. The van der Waals surface area contributed by atoms with E-state index in [-0.39, 0.29) is 5.57 Å². The molecule has 1 unspecified atom stereocenters. The van der Waals surface area contributed by atoms with Crippen LogP contribution in [0.2, 0.25) is 0 Å². The first kappa shape index (κ1) is 21.6. The lowest BCUT2D eigenvalue weighted by molar-refractivity contribution is -0.859. The molecule has 0 saturated carbocycles. The van der Waals surface area contributed by atoms with Crippen molar-refractivity contribution in [1.82, 2.24) is 15.2 Å². The summed E-state index contributed by atoms with van der Waals surface area (Å²) in [6.07, 6.45) is 3.81. The normalized spacial score (nSPS) is 18.2. The van der Waals surface area contributed by atoms with E-state index in [1.807, 2.05) is 42.6 Å². The first-order chi connectivity index (χ1) is 16.1. The van der Waals surface area contributed by atoms with E-state index in [9.17, 15) is 14.7 Å². The zero-order valence-electron chi connectivity index (χ0n) is 19.3. The number of hydrogen-bond acceptors (Lipinski definition) is 4. The van der Waals surface area contributed by atoms with E-state index < -0.39 is 22.1 Å². The quantitative estimate of drug-likeness (QED) is 0.315. The van der Waals surface area contributed by atoms with Gasteiger partial charge >= 0.3 is 6.09 Å². The van der Waals surface area contributed by atoms with Crippen molar-refractivity contribution in [3.63, 3.8) is 0 Å². The minimum atomic E-state index is -1.14. The Balaban J connectivity index is 1.58. The van der Waals surface area contributed by atoms with Gasteiger partial charge < -0.3 is 15.4 Å². The number of hydrogen-bond donors (Lipinski definition) is 4. The van der Waals surface area contributed by atoms with Crippen molar-refractivity contribution in [3.05, 3.63) is 60.6 Å². The molecule has 4 N–H and O–H groups in total. The van der Waals surface area contributed by atoms with E-state index in [2.05, 4.69) is 25.6 Å². The van der Waals surface area contributed by atoms with Gasteiger partial charge in [-0.05, 0) is 63.1 Å². The number of aromatic amines is 2. The minimum Gasteiger partial charge on any atom is -0.433 e. The highest BCUT2D eigenvalue weighted by Crippen LogP contribution is 2.36. The summed E-state index contributed by atoms with van der Waals surface area (Å²) in [5.41, 5.74) is 4.10. The molecule has 2 aromatic heterocycles. The Bertz CT molecular complexity index is 1540. The van der Waals surface area contributed by atoms with Crippen LogP contribution in [0.25, 0.3) is 32.9 Å². The maximum absolute atomic E-state index is 13.3. The summed E-state index contributed by atoms with van der Waals surface area (Å²) in [5.74, 6) is -0.425. The molecule has 5 rings (SSSR count). The Morgan fingerprint density at radius 1 is 1.09 bits per heavy atom. The number of aromatic nitrogens is 3. The van der Waals surface area contributed by atoms with Gasteiger partial charge in [-0.2, -0.15) is 9.89 Å².